The quantitative estimate of drug-likeness (QED) is 0.0134. The lowest BCUT2D eigenvalue weighted by Gasteiger charge is -2.28. The highest BCUT2D eigenvalue weighted by atomic mass is 32.2. The molecule has 0 aromatic heterocycles. The molecule has 1 aliphatic heterocycles. The predicted molar refractivity (Wildman–Crippen MR) is 441 cm³/mol. The Labute approximate surface area is 678 Å². The normalized spacial score (nSPS) is 12.4. The summed E-state index contributed by atoms with van der Waals surface area (Å²) in [6.45, 7) is 43.5. The first kappa shape index (κ1) is 102. The molecule has 1 aliphatic rings. The Morgan fingerprint density at radius 3 is 0.562 bits per heavy atom. The van der Waals surface area contributed by atoms with Crippen molar-refractivity contribution >= 4 is 70.7 Å². The summed E-state index contributed by atoms with van der Waals surface area (Å²) in [6, 6.07) is 17.3. The topological polar surface area (TPSA) is 418 Å². The number of quaternary nitrogens is 4. The van der Waals surface area contributed by atoms with Gasteiger partial charge in [0.1, 0.15) is 23.0 Å². The van der Waals surface area contributed by atoms with Gasteiger partial charge in [-0.15, -0.1) is 0 Å². The summed E-state index contributed by atoms with van der Waals surface area (Å²) in [5, 5.41) is 71.6. The zero-order valence-electron chi connectivity index (χ0n) is 70.1. The van der Waals surface area contributed by atoms with Crippen LogP contribution in [0.3, 0.4) is 0 Å². The van der Waals surface area contributed by atoms with Gasteiger partial charge < -0.3 is 119 Å². The number of benzene rings is 4. The van der Waals surface area contributed by atoms with Gasteiger partial charge in [0.15, 0.2) is 26.4 Å². The van der Waals surface area contributed by atoms with Crippen LogP contribution in [-0.4, -0.2) is 223 Å². The van der Waals surface area contributed by atoms with Crippen molar-refractivity contribution in [1.82, 2.24) is 21.3 Å². The van der Waals surface area contributed by atoms with Crippen LogP contribution in [0.25, 0.3) is 0 Å². The summed E-state index contributed by atoms with van der Waals surface area (Å²) in [5.41, 5.74) is 2.54. The molecule has 4 amide bonds. The maximum Gasteiger partial charge on any atom is 0.257 e. The van der Waals surface area contributed by atoms with Gasteiger partial charge in [-0.3, -0.25) is 19.2 Å². The molecule has 0 unspecified atom stereocenters. The lowest BCUT2D eigenvalue weighted by atomic mass is 9.87. The fourth-order valence-corrected chi connectivity index (χ4v) is 14.8. The first-order valence-electron chi connectivity index (χ1n) is 37.0. The second kappa shape index (κ2) is 46.4. The van der Waals surface area contributed by atoms with E-state index in [1.807, 2.05) is 0 Å². The highest BCUT2D eigenvalue weighted by Gasteiger charge is 2.32. The summed E-state index contributed by atoms with van der Waals surface area (Å²) >= 11 is 5.92. The van der Waals surface area contributed by atoms with Crippen molar-refractivity contribution in [3.8, 4) is 23.0 Å². The Kier molecular flexibility index (Phi) is 42.2. The van der Waals surface area contributed by atoms with E-state index in [9.17, 15) is 19.2 Å². The zero-order valence-corrected chi connectivity index (χ0v) is 73.4. The third-order valence-electron chi connectivity index (χ3n) is 18.3. The van der Waals surface area contributed by atoms with Crippen LogP contribution in [0.2, 0.25) is 0 Å². The van der Waals surface area contributed by atoms with Crippen LogP contribution in [0.15, 0.2) is 87.7 Å². The number of amides is 4. The van der Waals surface area contributed by atoms with Crippen LogP contribution >= 0.6 is 47.0 Å². The average molecular weight is 1650 g/mol. The van der Waals surface area contributed by atoms with E-state index in [0.29, 0.717) is 49.2 Å². The molecule has 0 saturated carbocycles. The molecule has 36 heteroatoms. The molecule has 0 radical (unpaired) electrons. The van der Waals surface area contributed by atoms with Gasteiger partial charge in [-0.1, -0.05) is 130 Å². The number of fused-ring (bicyclic) bond motifs is 8. The van der Waals surface area contributed by atoms with E-state index in [-0.39, 0.29) is 71.7 Å². The molecular weight excluding hydrogens is 1530 g/mol. The number of carbonyl (C=O) groups is 4. The van der Waals surface area contributed by atoms with Gasteiger partial charge in [0.25, 0.3) is 23.6 Å². The van der Waals surface area contributed by atoms with Crippen LogP contribution in [0.1, 0.15) is 159 Å². The third-order valence-corrected chi connectivity index (χ3v) is 22.5. The molecule has 4 aromatic carbocycles. The minimum atomic E-state index is -1.75. The van der Waals surface area contributed by atoms with E-state index in [1.165, 1.54) is 47.0 Å². The number of hydrogen-bond donors (Lipinski definition) is 4. The van der Waals surface area contributed by atoms with Gasteiger partial charge in [0.05, 0.1) is 168 Å². The van der Waals surface area contributed by atoms with E-state index < -0.39 is 20.3 Å². The molecule has 32 nitrogen and oxygen atoms in total. The van der Waals surface area contributed by atoms with Gasteiger partial charge in [-0.2, -0.15) is 0 Å². The number of hydrogen-bond acceptors (Lipinski definition) is 24. The number of nitrogens with zero attached hydrogens (tertiary/aromatic N) is 8. The maximum atomic E-state index is 14.2. The Morgan fingerprint density at radius 2 is 0.446 bits per heavy atom. The van der Waals surface area contributed by atoms with E-state index in [2.05, 4.69) is 237 Å². The van der Waals surface area contributed by atoms with E-state index in [1.54, 1.807) is 0 Å². The molecular formula is C76H124N12O20S4. The van der Waals surface area contributed by atoms with E-state index >= 15 is 0 Å². The standard InChI is InChI=1S/C76H120N8O8S4.4NO3/c1-25-81(17,18)37-29-33-77-65(85)49-89-69-57-41-53(73(5,6)7)42-58(69)94-60-44-55(75(11,12)13)46-62(71(60)91-51-67(87)79-35-31-39-83(21,22)27-3)96-64-48-56(76(14,15)16)47-63(72(64)92-52-68(88)80-36-32-40-84(23,24)28-4)95-61-45-54(74(8,9)10)43-59(93-57)70(61)90-50-66(86)78-34-30-38-82(19,20)26-2;4*2-1(3)4/h41-48H,25-40,49-52H2,1-24H3;;;;/q;4*-1/p+4. The Hall–Kier alpha value is -8.00. The maximum absolute atomic E-state index is 14.2. The Morgan fingerprint density at radius 1 is 0.312 bits per heavy atom. The number of carbonyl (C=O) groups excluding carboxylic acids is 4. The summed E-state index contributed by atoms with van der Waals surface area (Å²) in [7, 11) is 17.6. The second-order valence-electron chi connectivity index (χ2n) is 33.4. The van der Waals surface area contributed by atoms with Crippen LogP contribution in [0.5, 0.6) is 23.0 Å². The molecule has 4 aromatic rings. The molecule has 0 fully saturated rings. The smallest absolute Gasteiger partial charge is 0.257 e. The zero-order chi connectivity index (χ0) is 86.1. The largest absolute Gasteiger partial charge is 0.481 e. The van der Waals surface area contributed by atoms with E-state index in [0.717, 1.165) is 157 Å². The highest BCUT2D eigenvalue weighted by molar-refractivity contribution is 8.01. The van der Waals surface area contributed by atoms with Crippen molar-refractivity contribution in [3.05, 3.63) is 132 Å². The number of ether oxygens (including phenoxy) is 4. The lowest BCUT2D eigenvalue weighted by molar-refractivity contribution is -0.888. The fraction of sp³-hybridized carbons (Fsp3) is 0.632. The van der Waals surface area contributed by atoms with Gasteiger partial charge >= 0.3 is 0 Å². The molecule has 0 aliphatic carbocycles. The average Bonchev–Trinajstić information content (AvgIpc) is 0.769. The first-order chi connectivity index (χ1) is 51.4. The Balaban J connectivity index is 0.00000356. The molecule has 4 N–H and O–H groups in total. The monoisotopic (exact) mass is 1650 g/mol. The molecule has 632 valence electrons. The van der Waals surface area contributed by atoms with Crippen LogP contribution < -0.4 is 40.2 Å². The lowest BCUT2D eigenvalue weighted by Crippen LogP contribution is -2.41. The Bertz CT molecular complexity index is 3180. The summed E-state index contributed by atoms with van der Waals surface area (Å²) in [5.74, 6) is 0.999. The van der Waals surface area contributed by atoms with Crippen molar-refractivity contribution in [2.45, 2.75) is 197 Å². The molecule has 0 saturated heterocycles. The van der Waals surface area contributed by atoms with Crippen molar-refractivity contribution < 1.29 is 76.4 Å². The molecule has 112 heavy (non-hydrogen) atoms. The van der Waals surface area contributed by atoms with Crippen LogP contribution in [0.4, 0.5) is 0 Å². The van der Waals surface area contributed by atoms with E-state index in [4.69, 9.17) is 80.2 Å². The SMILES string of the molecule is CC[N+](C)(C)CCCNC(=O)COc1c2cc(C(C)(C)C)cc1Sc1cc(C(C)(C)C)cc(c1OCC(=O)NCCC[N+](C)(C)CC)Sc1cc(C(C)(C)C)cc(c1OCC(=O)NCCC[N+](C)(C)CC)Sc1cc(C(C)(C)C)cc(c1OCC(=O)NCCC[N+](C)(C)CC)S2.O=[N+]([O-])[O-].O=[N+]([O-])[O-].O=[N+]([O-])[O-].O=[N+]([O-])[O-]. The molecule has 5 rings (SSSR count). The first-order valence-corrected chi connectivity index (χ1v) is 40.3. The van der Waals surface area contributed by atoms with Crippen molar-refractivity contribution in [2.75, 3.05) is 161 Å². The molecule has 0 atom stereocenters. The summed E-state index contributed by atoms with van der Waals surface area (Å²) < 4.78 is 31.4. The van der Waals surface area contributed by atoms with Crippen LogP contribution in [-0.2, 0) is 40.8 Å². The molecule has 1 heterocycles. The minimum absolute atomic E-state index is 0.242. The highest BCUT2D eigenvalue weighted by Crippen LogP contribution is 2.56. The number of rotatable bonds is 32. The summed E-state index contributed by atoms with van der Waals surface area (Å²) in [6.07, 6.45) is 3.22. The predicted octanol–water partition coefficient (Wildman–Crippen LogP) is 12.8. The van der Waals surface area contributed by atoms with Gasteiger partial charge in [-0.05, 0) is 120 Å². The van der Waals surface area contributed by atoms with Gasteiger partial charge in [0, 0.05) is 51.9 Å². The minimum Gasteiger partial charge on any atom is -0.481 e. The van der Waals surface area contributed by atoms with Gasteiger partial charge in [-0.25, -0.2) is 0 Å². The molecule has 8 bridgehead atoms. The number of nitrogens with one attached hydrogen (secondary N) is 4. The van der Waals surface area contributed by atoms with Crippen molar-refractivity contribution in [1.29, 1.82) is 0 Å². The summed E-state index contributed by atoms with van der Waals surface area (Å²) in [4.78, 5) is 95.6. The van der Waals surface area contributed by atoms with Crippen LogP contribution in [0, 0.1) is 61.3 Å². The van der Waals surface area contributed by atoms with Crippen molar-refractivity contribution in [3.63, 3.8) is 0 Å². The third kappa shape index (κ3) is 40.6. The van der Waals surface area contributed by atoms with Gasteiger partial charge in [0.2, 0.25) is 0 Å². The fourth-order valence-electron chi connectivity index (χ4n) is 10.0. The van der Waals surface area contributed by atoms with Crippen molar-refractivity contribution in [2.24, 2.45) is 0 Å². The molecule has 0 spiro atoms. The second-order valence-corrected chi connectivity index (χ2v) is 37.7.